The molecule has 7 heteroatoms. The minimum Gasteiger partial charge on any atom is -0.465 e. The largest absolute Gasteiger partial charge is 0.465 e. The first-order valence-corrected chi connectivity index (χ1v) is 9.95. The maximum Gasteiger partial charge on any atom is 0.340 e. The van der Waals surface area contributed by atoms with Crippen LogP contribution in [0.4, 0.5) is 5.69 Å². The number of tetrazole rings is 1. The molecule has 3 aromatic rings. The van der Waals surface area contributed by atoms with Crippen molar-refractivity contribution in [3.8, 4) is 5.69 Å². The minimum atomic E-state index is -0.411. The molecule has 1 aliphatic carbocycles. The maximum atomic E-state index is 12.3. The van der Waals surface area contributed by atoms with Gasteiger partial charge < -0.3 is 10.1 Å². The molecule has 0 aliphatic heterocycles. The van der Waals surface area contributed by atoms with Crippen molar-refractivity contribution in [3.63, 3.8) is 0 Å². The Bertz CT molecular complexity index is 1010. The number of benzene rings is 2. The zero-order chi connectivity index (χ0) is 20.3. The van der Waals surface area contributed by atoms with Gasteiger partial charge in [0.2, 0.25) is 0 Å². The number of hydrogen-bond donors (Lipinski definition) is 1. The third-order valence-electron chi connectivity index (χ3n) is 5.66. The Morgan fingerprint density at radius 1 is 1.07 bits per heavy atom. The standard InChI is InChI=1S/C22H25N5O2/c1-16-10-4-6-12-18(16)23-22(14-8-3-9-15-22)21-24-25-26-27(21)19-13-7-5-11-17(19)20(28)29-2/h4-7,10-13,23H,3,8-9,14-15H2,1-2H3. The molecule has 0 spiro atoms. The highest BCUT2D eigenvalue weighted by Crippen LogP contribution is 2.40. The molecule has 0 saturated heterocycles. The van der Waals surface area contributed by atoms with Crippen molar-refractivity contribution in [3.05, 3.63) is 65.5 Å². The minimum absolute atomic E-state index is 0.406. The van der Waals surface area contributed by atoms with Crippen molar-refractivity contribution in [1.82, 2.24) is 20.2 Å². The first-order chi connectivity index (χ1) is 14.1. The number of hydrogen-bond acceptors (Lipinski definition) is 6. The molecule has 150 valence electrons. The third-order valence-corrected chi connectivity index (χ3v) is 5.66. The van der Waals surface area contributed by atoms with Gasteiger partial charge in [-0.25, -0.2) is 4.79 Å². The predicted octanol–water partition coefficient (Wildman–Crippen LogP) is 4.03. The lowest BCUT2D eigenvalue weighted by Gasteiger charge is -2.38. The second kappa shape index (κ2) is 8.03. The van der Waals surface area contributed by atoms with Crippen LogP contribution in [0.1, 0.15) is 53.8 Å². The van der Waals surface area contributed by atoms with Crippen molar-refractivity contribution in [2.24, 2.45) is 0 Å². The molecule has 0 radical (unpaired) electrons. The number of rotatable bonds is 5. The van der Waals surface area contributed by atoms with E-state index >= 15 is 0 Å². The van der Waals surface area contributed by atoms with E-state index in [1.165, 1.54) is 19.1 Å². The summed E-state index contributed by atoms with van der Waals surface area (Å²) in [7, 11) is 1.38. The van der Waals surface area contributed by atoms with E-state index in [0.29, 0.717) is 11.3 Å². The van der Waals surface area contributed by atoms with Crippen LogP contribution >= 0.6 is 0 Å². The molecule has 4 rings (SSSR count). The molecule has 2 aromatic carbocycles. The Kier molecular flexibility index (Phi) is 5.29. The van der Waals surface area contributed by atoms with Crippen molar-refractivity contribution in [2.75, 3.05) is 12.4 Å². The zero-order valence-corrected chi connectivity index (χ0v) is 16.8. The first kappa shape index (κ1) is 19.1. The summed E-state index contributed by atoms with van der Waals surface area (Å²) >= 11 is 0. The summed E-state index contributed by atoms with van der Waals surface area (Å²) in [5.74, 6) is 0.309. The smallest absolute Gasteiger partial charge is 0.340 e. The molecule has 7 nitrogen and oxygen atoms in total. The molecule has 1 N–H and O–H groups in total. The number of nitrogens with one attached hydrogen (secondary N) is 1. The van der Waals surface area contributed by atoms with Crippen LogP contribution in [0.5, 0.6) is 0 Å². The Morgan fingerprint density at radius 3 is 2.55 bits per heavy atom. The van der Waals surface area contributed by atoms with Crippen LogP contribution in [0.25, 0.3) is 5.69 Å². The summed E-state index contributed by atoms with van der Waals surface area (Å²) in [6.45, 7) is 2.09. The van der Waals surface area contributed by atoms with E-state index in [-0.39, 0.29) is 0 Å². The molecular weight excluding hydrogens is 366 g/mol. The number of anilines is 1. The van der Waals surface area contributed by atoms with Crippen LogP contribution in [0.2, 0.25) is 0 Å². The number of ether oxygens (including phenoxy) is 1. The second-order valence-corrected chi connectivity index (χ2v) is 7.51. The van der Waals surface area contributed by atoms with Gasteiger partial charge in [0.15, 0.2) is 5.82 Å². The molecular formula is C22H25N5O2. The topological polar surface area (TPSA) is 81.9 Å². The van der Waals surface area contributed by atoms with Gasteiger partial charge in [0.1, 0.15) is 0 Å². The highest BCUT2D eigenvalue weighted by molar-refractivity contribution is 5.93. The fourth-order valence-electron chi connectivity index (χ4n) is 4.12. The van der Waals surface area contributed by atoms with Gasteiger partial charge in [-0.1, -0.05) is 49.6 Å². The lowest BCUT2D eigenvalue weighted by molar-refractivity contribution is 0.0600. The highest BCUT2D eigenvalue weighted by atomic mass is 16.5. The lowest BCUT2D eigenvalue weighted by Crippen LogP contribution is -2.40. The molecule has 1 saturated carbocycles. The van der Waals surface area contributed by atoms with Crippen molar-refractivity contribution < 1.29 is 9.53 Å². The van der Waals surface area contributed by atoms with Gasteiger partial charge in [0, 0.05) is 5.69 Å². The molecule has 1 heterocycles. The van der Waals surface area contributed by atoms with Crippen molar-refractivity contribution >= 4 is 11.7 Å². The molecule has 29 heavy (non-hydrogen) atoms. The van der Waals surface area contributed by atoms with Gasteiger partial charge in [0.25, 0.3) is 0 Å². The molecule has 1 aliphatic rings. The number of para-hydroxylation sites is 2. The molecule has 0 atom stereocenters. The van der Waals surface area contributed by atoms with Gasteiger partial charge in [-0.2, -0.15) is 4.68 Å². The molecule has 0 amide bonds. The lowest BCUT2D eigenvalue weighted by atomic mass is 9.80. The van der Waals surface area contributed by atoms with E-state index in [1.54, 1.807) is 10.7 Å². The van der Waals surface area contributed by atoms with Gasteiger partial charge in [-0.3, -0.25) is 0 Å². The summed E-state index contributed by atoms with van der Waals surface area (Å²) < 4.78 is 6.64. The van der Waals surface area contributed by atoms with Gasteiger partial charge in [0.05, 0.1) is 23.9 Å². The van der Waals surface area contributed by atoms with E-state index in [0.717, 1.165) is 37.2 Å². The number of methoxy groups -OCH3 is 1. The van der Waals surface area contributed by atoms with Crippen LogP contribution < -0.4 is 5.32 Å². The number of carbonyl (C=O) groups excluding carboxylic acids is 1. The Hall–Kier alpha value is -3.22. The van der Waals surface area contributed by atoms with Crippen LogP contribution in [-0.4, -0.2) is 33.3 Å². The summed E-state index contributed by atoms with van der Waals surface area (Å²) in [5, 5.41) is 16.4. The summed E-state index contributed by atoms with van der Waals surface area (Å²) in [6.07, 6.45) is 5.20. The number of aromatic nitrogens is 4. The van der Waals surface area contributed by atoms with Crippen molar-refractivity contribution in [1.29, 1.82) is 0 Å². The quantitative estimate of drug-likeness (QED) is 0.661. The zero-order valence-electron chi connectivity index (χ0n) is 16.8. The number of aryl methyl sites for hydroxylation is 1. The second-order valence-electron chi connectivity index (χ2n) is 7.51. The van der Waals surface area contributed by atoms with Crippen LogP contribution in [0.3, 0.4) is 0 Å². The molecule has 1 aromatic heterocycles. The molecule has 0 bridgehead atoms. The Balaban J connectivity index is 1.82. The van der Waals surface area contributed by atoms with E-state index < -0.39 is 11.5 Å². The summed E-state index contributed by atoms with van der Waals surface area (Å²) in [5.41, 5.74) is 2.90. The monoisotopic (exact) mass is 391 g/mol. The average Bonchev–Trinajstić information content (AvgIpc) is 3.26. The van der Waals surface area contributed by atoms with E-state index in [1.807, 2.05) is 30.3 Å². The van der Waals surface area contributed by atoms with Crippen LogP contribution in [0, 0.1) is 6.92 Å². The number of nitrogens with zero attached hydrogens (tertiary/aromatic N) is 4. The first-order valence-electron chi connectivity index (χ1n) is 9.95. The fourth-order valence-corrected chi connectivity index (χ4v) is 4.12. The van der Waals surface area contributed by atoms with Crippen LogP contribution in [0.15, 0.2) is 48.5 Å². The van der Waals surface area contributed by atoms with Gasteiger partial charge >= 0.3 is 5.97 Å². The average molecular weight is 391 g/mol. The van der Waals surface area contributed by atoms with E-state index in [9.17, 15) is 4.79 Å². The summed E-state index contributed by atoms with van der Waals surface area (Å²) in [4.78, 5) is 12.3. The molecule has 1 fully saturated rings. The number of carbonyl (C=O) groups is 1. The summed E-state index contributed by atoms with van der Waals surface area (Å²) in [6, 6.07) is 15.5. The Morgan fingerprint density at radius 2 is 1.79 bits per heavy atom. The van der Waals surface area contributed by atoms with E-state index in [4.69, 9.17) is 4.74 Å². The number of esters is 1. The third kappa shape index (κ3) is 3.60. The fraction of sp³-hybridized carbons (Fsp3) is 0.364. The van der Waals surface area contributed by atoms with E-state index in [2.05, 4.69) is 39.9 Å². The van der Waals surface area contributed by atoms with Gasteiger partial charge in [-0.15, -0.1) is 5.10 Å². The predicted molar refractivity (Wildman–Crippen MR) is 110 cm³/mol. The van der Waals surface area contributed by atoms with Crippen LogP contribution in [-0.2, 0) is 10.3 Å². The van der Waals surface area contributed by atoms with Gasteiger partial charge in [-0.05, 0) is 54.0 Å². The normalized spacial score (nSPS) is 15.7. The molecule has 0 unspecified atom stereocenters. The highest BCUT2D eigenvalue weighted by Gasteiger charge is 2.40. The van der Waals surface area contributed by atoms with Crippen molar-refractivity contribution in [2.45, 2.75) is 44.6 Å². The maximum absolute atomic E-state index is 12.3. The Labute approximate surface area is 170 Å². The SMILES string of the molecule is COC(=O)c1ccccc1-n1nnnc1C1(Nc2ccccc2C)CCCCC1.